The summed E-state index contributed by atoms with van der Waals surface area (Å²) in [6, 6.07) is 10.4. The molecule has 0 aliphatic carbocycles. The zero-order valence-corrected chi connectivity index (χ0v) is 18.2. The van der Waals surface area contributed by atoms with Gasteiger partial charge in [-0.05, 0) is 25.5 Å². The lowest BCUT2D eigenvalue weighted by molar-refractivity contribution is -0.149. The average molecular weight is 430 g/mol. The maximum Gasteiger partial charge on any atom is 0.407 e. The molecule has 0 saturated carbocycles. The number of hydrogen-bond donors (Lipinski definition) is 2. The number of likely N-dealkylation sites (tertiary alicyclic amines) is 1. The molecule has 9 heteroatoms. The second kappa shape index (κ2) is 8.12. The summed E-state index contributed by atoms with van der Waals surface area (Å²) in [6.07, 6.45) is 0.659. The molecule has 1 aromatic carbocycles. The summed E-state index contributed by atoms with van der Waals surface area (Å²) in [7, 11) is 1.98. The van der Waals surface area contributed by atoms with Gasteiger partial charge >= 0.3 is 6.09 Å². The number of carboxylic acid groups (broad SMARTS) is 1. The molecule has 3 aliphatic heterocycles. The van der Waals surface area contributed by atoms with E-state index in [0.717, 1.165) is 32.5 Å². The number of likely N-dealkylation sites (N-methyl/N-ethyl adjacent to an activating group) is 1. The molecule has 31 heavy (non-hydrogen) atoms. The van der Waals surface area contributed by atoms with E-state index in [-0.39, 0.29) is 37.0 Å². The van der Waals surface area contributed by atoms with Crippen molar-refractivity contribution in [2.24, 2.45) is 0 Å². The Labute approximate surface area is 182 Å². The molecule has 3 amide bonds. The third-order valence-electron chi connectivity index (χ3n) is 7.29. The van der Waals surface area contributed by atoms with Crippen LogP contribution in [-0.4, -0.2) is 100 Å². The van der Waals surface area contributed by atoms with Crippen molar-refractivity contribution in [2.75, 3.05) is 46.3 Å². The molecule has 0 radical (unpaired) electrons. The van der Waals surface area contributed by atoms with Gasteiger partial charge in [0, 0.05) is 38.6 Å². The smallest absolute Gasteiger partial charge is 0.407 e. The number of nitrogens with zero attached hydrogens (tertiary/aromatic N) is 4. The average Bonchev–Trinajstić information content (AvgIpc) is 2.98. The minimum atomic E-state index is -1.11. The van der Waals surface area contributed by atoms with Crippen LogP contribution in [0.15, 0.2) is 30.3 Å². The van der Waals surface area contributed by atoms with Crippen LogP contribution in [0.5, 0.6) is 0 Å². The van der Waals surface area contributed by atoms with Crippen molar-refractivity contribution in [3.63, 3.8) is 0 Å². The lowest BCUT2D eigenvalue weighted by Crippen LogP contribution is -2.71. The highest BCUT2D eigenvalue weighted by Gasteiger charge is 2.62. The van der Waals surface area contributed by atoms with Gasteiger partial charge in [-0.3, -0.25) is 24.3 Å². The molecule has 3 fully saturated rings. The van der Waals surface area contributed by atoms with E-state index < -0.39 is 11.8 Å². The van der Waals surface area contributed by atoms with Gasteiger partial charge in [-0.15, -0.1) is 0 Å². The van der Waals surface area contributed by atoms with Crippen LogP contribution in [0.4, 0.5) is 4.79 Å². The van der Waals surface area contributed by atoms with Crippen molar-refractivity contribution < 1.29 is 19.5 Å². The Hall–Kier alpha value is -2.65. The number of nitrogens with one attached hydrogen (secondary N) is 1. The van der Waals surface area contributed by atoms with Crippen LogP contribution in [0.2, 0.25) is 0 Å². The van der Waals surface area contributed by atoms with Gasteiger partial charge in [-0.25, -0.2) is 4.79 Å². The first kappa shape index (κ1) is 21.6. The van der Waals surface area contributed by atoms with E-state index in [4.69, 9.17) is 0 Å². The Bertz CT molecular complexity index is 855. The number of carbonyl (C=O) groups excluding carboxylic acids is 2. The zero-order chi connectivity index (χ0) is 22.2. The maximum absolute atomic E-state index is 13.0. The second-order valence-electron chi connectivity index (χ2n) is 9.06. The molecule has 1 unspecified atom stereocenters. The van der Waals surface area contributed by atoms with E-state index in [2.05, 4.69) is 39.4 Å². The highest BCUT2D eigenvalue weighted by Crippen LogP contribution is 2.44. The molecule has 0 bridgehead atoms. The molecule has 0 aromatic heterocycles. The van der Waals surface area contributed by atoms with E-state index in [1.165, 1.54) is 17.4 Å². The number of piperidine rings is 1. The summed E-state index contributed by atoms with van der Waals surface area (Å²) < 4.78 is 0. The first-order valence-electron chi connectivity index (χ1n) is 10.8. The Morgan fingerprint density at radius 3 is 2.42 bits per heavy atom. The molecule has 1 aromatic rings. The van der Waals surface area contributed by atoms with E-state index in [0.29, 0.717) is 6.54 Å². The molecule has 2 N–H and O–H groups in total. The lowest BCUT2D eigenvalue weighted by Gasteiger charge is -2.51. The minimum Gasteiger partial charge on any atom is -0.465 e. The largest absolute Gasteiger partial charge is 0.465 e. The predicted molar refractivity (Wildman–Crippen MR) is 114 cm³/mol. The number of hydrogen-bond acceptors (Lipinski definition) is 5. The van der Waals surface area contributed by atoms with E-state index in [9.17, 15) is 19.5 Å². The number of amides is 3. The van der Waals surface area contributed by atoms with Crippen molar-refractivity contribution in [1.82, 2.24) is 24.9 Å². The first-order chi connectivity index (χ1) is 14.8. The van der Waals surface area contributed by atoms with Gasteiger partial charge in [-0.1, -0.05) is 30.3 Å². The summed E-state index contributed by atoms with van der Waals surface area (Å²) >= 11 is 0. The van der Waals surface area contributed by atoms with E-state index in [1.807, 2.05) is 18.0 Å². The van der Waals surface area contributed by atoms with Crippen LogP contribution in [-0.2, 0) is 16.1 Å². The van der Waals surface area contributed by atoms with Crippen molar-refractivity contribution in [1.29, 1.82) is 0 Å². The third-order valence-corrected chi connectivity index (χ3v) is 7.29. The van der Waals surface area contributed by atoms with Gasteiger partial charge in [0.05, 0.1) is 13.1 Å². The van der Waals surface area contributed by atoms with Gasteiger partial charge in [0.15, 0.2) is 0 Å². The number of benzene rings is 1. The fourth-order valence-corrected chi connectivity index (χ4v) is 5.43. The molecular weight excluding hydrogens is 398 g/mol. The number of fused-ring (bicyclic) bond motifs is 1. The highest BCUT2D eigenvalue weighted by atomic mass is 16.4. The standard InChI is InChI=1S/C22H31N5O4/c1-17(28)23-14-22-16-26(20(30)31)13-19(29)27(22)15-21(24(22)2)8-10-25(11-9-21)12-18-6-4-3-5-7-18/h3-7H,8-16H2,1-2H3,(H,23,28)(H,30,31). The SMILES string of the molecule is CC(=O)NCC12CN(C(=O)O)CC(=O)N1CC1(CCN(Cc3ccccc3)CC1)N2C. The topological polar surface area (TPSA) is 96.4 Å². The Kier molecular flexibility index (Phi) is 5.65. The highest BCUT2D eigenvalue weighted by molar-refractivity contribution is 5.85. The van der Waals surface area contributed by atoms with Crippen molar-refractivity contribution in [2.45, 2.75) is 37.5 Å². The zero-order valence-electron chi connectivity index (χ0n) is 18.2. The quantitative estimate of drug-likeness (QED) is 0.729. The van der Waals surface area contributed by atoms with Crippen molar-refractivity contribution in [3.8, 4) is 0 Å². The maximum atomic E-state index is 13.0. The van der Waals surface area contributed by atoms with Crippen LogP contribution in [0.1, 0.15) is 25.3 Å². The minimum absolute atomic E-state index is 0.138. The molecule has 3 saturated heterocycles. The fourth-order valence-electron chi connectivity index (χ4n) is 5.43. The summed E-state index contributed by atoms with van der Waals surface area (Å²) in [5, 5.41) is 12.4. The Morgan fingerprint density at radius 1 is 1.13 bits per heavy atom. The summed E-state index contributed by atoms with van der Waals surface area (Å²) in [5.41, 5.74) is 0.196. The lowest BCUT2D eigenvalue weighted by atomic mass is 9.86. The molecule has 1 atom stereocenters. The van der Waals surface area contributed by atoms with Crippen molar-refractivity contribution >= 4 is 17.9 Å². The van der Waals surface area contributed by atoms with Gasteiger partial charge in [-0.2, -0.15) is 0 Å². The molecule has 168 valence electrons. The summed E-state index contributed by atoms with van der Waals surface area (Å²) in [6.45, 7) is 4.95. The molecule has 3 heterocycles. The van der Waals surface area contributed by atoms with Gasteiger partial charge in [0.25, 0.3) is 0 Å². The van der Waals surface area contributed by atoms with Crippen LogP contribution in [0, 0.1) is 0 Å². The number of rotatable bonds is 4. The van der Waals surface area contributed by atoms with Gasteiger partial charge in [0.2, 0.25) is 11.8 Å². The Morgan fingerprint density at radius 2 is 1.81 bits per heavy atom. The molecule has 4 rings (SSSR count). The van der Waals surface area contributed by atoms with Gasteiger partial charge < -0.3 is 15.3 Å². The summed E-state index contributed by atoms with van der Waals surface area (Å²) in [4.78, 5) is 44.0. The number of piperazine rings is 1. The van der Waals surface area contributed by atoms with Crippen LogP contribution in [0.25, 0.3) is 0 Å². The molecule has 1 spiro atoms. The van der Waals surface area contributed by atoms with Crippen LogP contribution >= 0.6 is 0 Å². The van der Waals surface area contributed by atoms with Crippen molar-refractivity contribution in [3.05, 3.63) is 35.9 Å². The van der Waals surface area contributed by atoms with Crippen LogP contribution < -0.4 is 5.32 Å². The third kappa shape index (κ3) is 3.87. The molecule has 3 aliphatic rings. The Balaban J connectivity index is 1.55. The number of carbonyl (C=O) groups is 3. The monoisotopic (exact) mass is 429 g/mol. The second-order valence-corrected chi connectivity index (χ2v) is 9.06. The van der Waals surface area contributed by atoms with Crippen LogP contribution in [0.3, 0.4) is 0 Å². The van der Waals surface area contributed by atoms with Gasteiger partial charge in [0.1, 0.15) is 12.2 Å². The predicted octanol–water partition coefficient (Wildman–Crippen LogP) is 0.621. The normalized spacial score (nSPS) is 26.2. The molecular formula is C22H31N5O4. The fraction of sp³-hybridized carbons (Fsp3) is 0.591. The molecule has 9 nitrogen and oxygen atoms in total. The van der Waals surface area contributed by atoms with E-state index in [1.54, 1.807) is 0 Å². The summed E-state index contributed by atoms with van der Waals surface area (Å²) in [5.74, 6) is -0.393. The van der Waals surface area contributed by atoms with E-state index >= 15 is 0 Å². The first-order valence-corrected chi connectivity index (χ1v) is 10.8.